The second-order valence-corrected chi connectivity index (χ2v) is 6.39. The monoisotopic (exact) mass is 307 g/mol. The fourth-order valence-electron chi connectivity index (χ4n) is 3.16. The summed E-state index contributed by atoms with van der Waals surface area (Å²) in [7, 11) is 0. The number of carbonyl (C=O) groups is 1. The molecule has 3 rings (SSSR count). The zero-order valence-electron chi connectivity index (χ0n) is 13.3. The van der Waals surface area contributed by atoms with Crippen LogP contribution in [0.25, 0.3) is 0 Å². The van der Waals surface area contributed by atoms with Crippen molar-refractivity contribution in [1.29, 1.82) is 0 Å². The van der Waals surface area contributed by atoms with Crippen LogP contribution in [-0.2, 0) is 13.0 Å². The van der Waals surface area contributed by atoms with Crippen molar-refractivity contribution in [3.05, 3.63) is 11.6 Å². The van der Waals surface area contributed by atoms with Crippen molar-refractivity contribution >= 4 is 6.03 Å². The number of hydrogen-bond acceptors (Lipinski definition) is 4. The van der Waals surface area contributed by atoms with Crippen LogP contribution in [0.1, 0.15) is 50.8 Å². The fraction of sp³-hybridized carbons (Fsp3) is 0.800. The van der Waals surface area contributed by atoms with E-state index in [1.165, 1.54) is 0 Å². The van der Waals surface area contributed by atoms with E-state index in [0.717, 1.165) is 43.9 Å². The Morgan fingerprint density at radius 3 is 2.95 bits per heavy atom. The Labute approximate surface area is 130 Å². The average molecular weight is 307 g/mol. The zero-order valence-corrected chi connectivity index (χ0v) is 13.3. The molecule has 1 aromatic heterocycles. The number of hydrogen-bond donors (Lipinski definition) is 2. The predicted molar refractivity (Wildman–Crippen MR) is 81.3 cm³/mol. The quantitative estimate of drug-likeness (QED) is 0.856. The van der Waals surface area contributed by atoms with E-state index in [0.29, 0.717) is 13.1 Å². The second kappa shape index (κ2) is 6.24. The summed E-state index contributed by atoms with van der Waals surface area (Å²) in [6.07, 6.45) is 3.10. The van der Waals surface area contributed by atoms with E-state index in [2.05, 4.69) is 15.4 Å². The Hall–Kier alpha value is -1.63. The molecule has 1 fully saturated rings. The first-order chi connectivity index (χ1) is 10.6. The van der Waals surface area contributed by atoms with Crippen LogP contribution in [0.2, 0.25) is 0 Å². The molecule has 0 spiro atoms. The fourth-order valence-corrected chi connectivity index (χ4v) is 3.16. The Bertz CT molecular complexity index is 544. The molecule has 2 amide bonds. The van der Waals surface area contributed by atoms with E-state index >= 15 is 0 Å². The molecule has 0 aromatic carbocycles. The predicted octanol–water partition coefficient (Wildman–Crippen LogP) is 1.09. The molecule has 22 heavy (non-hydrogen) atoms. The van der Waals surface area contributed by atoms with Crippen molar-refractivity contribution in [2.45, 2.75) is 58.2 Å². The molecule has 2 aliphatic rings. The van der Waals surface area contributed by atoms with Crippen LogP contribution < -0.4 is 5.32 Å². The normalized spacial score (nSPS) is 28.3. The first-order valence-corrected chi connectivity index (χ1v) is 8.25. The van der Waals surface area contributed by atoms with Gasteiger partial charge < -0.3 is 15.3 Å². The van der Waals surface area contributed by atoms with Crippen molar-refractivity contribution < 1.29 is 9.90 Å². The summed E-state index contributed by atoms with van der Waals surface area (Å²) < 4.78 is 1.92. The minimum absolute atomic E-state index is 0.0782. The summed E-state index contributed by atoms with van der Waals surface area (Å²) in [6.45, 7) is 6.03. The van der Waals surface area contributed by atoms with Gasteiger partial charge in [0.2, 0.25) is 0 Å². The van der Waals surface area contributed by atoms with Gasteiger partial charge in [0.1, 0.15) is 5.82 Å². The molecule has 1 saturated heterocycles. The third-order valence-electron chi connectivity index (χ3n) is 4.74. The molecule has 3 atom stereocenters. The lowest BCUT2D eigenvalue weighted by atomic mass is 9.96. The van der Waals surface area contributed by atoms with Gasteiger partial charge in [-0.1, -0.05) is 13.8 Å². The molecule has 0 saturated carbocycles. The highest BCUT2D eigenvalue weighted by Crippen LogP contribution is 2.24. The summed E-state index contributed by atoms with van der Waals surface area (Å²) in [5, 5.41) is 17.5. The lowest BCUT2D eigenvalue weighted by Crippen LogP contribution is -2.50. The molecule has 3 heterocycles. The van der Waals surface area contributed by atoms with Crippen molar-refractivity contribution in [3.8, 4) is 0 Å². The van der Waals surface area contributed by atoms with Crippen LogP contribution in [0.5, 0.6) is 0 Å². The summed E-state index contributed by atoms with van der Waals surface area (Å²) in [4.78, 5) is 18.7. The van der Waals surface area contributed by atoms with E-state index in [1.54, 1.807) is 4.90 Å². The van der Waals surface area contributed by atoms with Crippen LogP contribution in [0, 0.1) is 5.92 Å². The SMILES string of the molecule is CCc1nc2n(n1)CCCC2NC(=O)N1CCC(C)C(O)C1. The third kappa shape index (κ3) is 2.95. The number of aromatic nitrogens is 3. The molecule has 7 heteroatoms. The topological polar surface area (TPSA) is 83.3 Å². The Morgan fingerprint density at radius 1 is 1.41 bits per heavy atom. The zero-order chi connectivity index (χ0) is 15.7. The van der Waals surface area contributed by atoms with Gasteiger partial charge in [-0.2, -0.15) is 5.10 Å². The standard InChI is InChI=1S/C15H25N5O2/c1-3-13-17-14-11(5-4-7-20(14)18-13)16-15(22)19-8-6-10(2)12(21)9-19/h10-12,21H,3-9H2,1-2H3,(H,16,22). The molecular formula is C15H25N5O2. The smallest absolute Gasteiger partial charge is 0.318 e. The number of amides is 2. The number of urea groups is 1. The summed E-state index contributed by atoms with van der Waals surface area (Å²) in [6, 6.07) is -0.184. The summed E-state index contributed by atoms with van der Waals surface area (Å²) in [5.74, 6) is 1.95. The van der Waals surface area contributed by atoms with Crippen LogP contribution in [-0.4, -0.2) is 50.0 Å². The van der Waals surface area contributed by atoms with Crippen molar-refractivity contribution in [1.82, 2.24) is 25.0 Å². The maximum atomic E-state index is 12.5. The number of nitrogens with zero attached hydrogens (tertiary/aromatic N) is 4. The minimum Gasteiger partial charge on any atom is -0.391 e. The summed E-state index contributed by atoms with van der Waals surface area (Å²) in [5.41, 5.74) is 0. The first kappa shape index (κ1) is 15.3. The molecule has 0 aliphatic carbocycles. The number of likely N-dealkylation sites (tertiary alicyclic amines) is 1. The van der Waals surface area contributed by atoms with Gasteiger partial charge in [-0.05, 0) is 25.2 Å². The molecule has 7 nitrogen and oxygen atoms in total. The number of piperidine rings is 1. The number of carbonyl (C=O) groups excluding carboxylic acids is 1. The molecule has 0 bridgehead atoms. The van der Waals surface area contributed by atoms with Gasteiger partial charge in [0.25, 0.3) is 0 Å². The van der Waals surface area contributed by atoms with Crippen LogP contribution in [0.15, 0.2) is 0 Å². The van der Waals surface area contributed by atoms with Gasteiger partial charge in [-0.25, -0.2) is 14.5 Å². The van der Waals surface area contributed by atoms with Gasteiger partial charge in [0, 0.05) is 26.1 Å². The number of aliphatic hydroxyl groups is 1. The number of aryl methyl sites for hydroxylation is 2. The molecule has 3 unspecified atom stereocenters. The molecular weight excluding hydrogens is 282 g/mol. The highest BCUT2D eigenvalue weighted by molar-refractivity contribution is 5.74. The molecule has 122 valence electrons. The molecule has 1 aromatic rings. The lowest BCUT2D eigenvalue weighted by Gasteiger charge is -2.35. The van der Waals surface area contributed by atoms with Crippen LogP contribution in [0.4, 0.5) is 4.79 Å². The Morgan fingerprint density at radius 2 is 2.23 bits per heavy atom. The average Bonchev–Trinajstić information content (AvgIpc) is 2.94. The Balaban J connectivity index is 1.66. The second-order valence-electron chi connectivity index (χ2n) is 6.39. The highest BCUT2D eigenvalue weighted by atomic mass is 16.3. The van der Waals surface area contributed by atoms with Crippen molar-refractivity contribution in [3.63, 3.8) is 0 Å². The minimum atomic E-state index is -0.429. The highest BCUT2D eigenvalue weighted by Gasteiger charge is 2.31. The lowest BCUT2D eigenvalue weighted by molar-refractivity contribution is 0.0427. The van der Waals surface area contributed by atoms with Crippen LogP contribution >= 0.6 is 0 Å². The number of rotatable bonds is 2. The van der Waals surface area contributed by atoms with E-state index in [-0.39, 0.29) is 18.0 Å². The van der Waals surface area contributed by atoms with E-state index in [9.17, 15) is 9.90 Å². The van der Waals surface area contributed by atoms with Crippen molar-refractivity contribution in [2.24, 2.45) is 5.92 Å². The first-order valence-electron chi connectivity index (χ1n) is 8.25. The van der Waals surface area contributed by atoms with E-state index in [4.69, 9.17) is 0 Å². The number of nitrogens with one attached hydrogen (secondary N) is 1. The number of aliphatic hydroxyl groups excluding tert-OH is 1. The number of fused-ring (bicyclic) bond motifs is 1. The third-order valence-corrected chi connectivity index (χ3v) is 4.74. The van der Waals surface area contributed by atoms with Gasteiger partial charge in [-0.15, -0.1) is 0 Å². The Kier molecular flexibility index (Phi) is 4.33. The number of β-amino-alcohol motifs (C(OH)–C–C–N with tert-alkyl or cyclic N) is 1. The van der Waals surface area contributed by atoms with Gasteiger partial charge >= 0.3 is 6.03 Å². The van der Waals surface area contributed by atoms with E-state index < -0.39 is 6.10 Å². The largest absolute Gasteiger partial charge is 0.391 e. The van der Waals surface area contributed by atoms with Crippen LogP contribution in [0.3, 0.4) is 0 Å². The molecule has 2 N–H and O–H groups in total. The maximum absolute atomic E-state index is 12.5. The van der Waals surface area contributed by atoms with Gasteiger partial charge in [0.05, 0.1) is 12.1 Å². The summed E-state index contributed by atoms with van der Waals surface area (Å²) >= 11 is 0. The van der Waals surface area contributed by atoms with Gasteiger partial charge in [0.15, 0.2) is 5.82 Å². The van der Waals surface area contributed by atoms with Crippen molar-refractivity contribution in [2.75, 3.05) is 13.1 Å². The molecule has 2 aliphatic heterocycles. The molecule has 0 radical (unpaired) electrons. The van der Waals surface area contributed by atoms with Gasteiger partial charge in [-0.3, -0.25) is 0 Å². The maximum Gasteiger partial charge on any atom is 0.318 e. The van der Waals surface area contributed by atoms with E-state index in [1.807, 2.05) is 18.5 Å².